The van der Waals surface area contributed by atoms with Crippen LogP contribution < -0.4 is 33.9 Å². The van der Waals surface area contributed by atoms with Gasteiger partial charge in [0, 0.05) is 24.3 Å². The van der Waals surface area contributed by atoms with Crippen LogP contribution in [0.15, 0.2) is 61.2 Å². The van der Waals surface area contributed by atoms with Crippen molar-refractivity contribution in [2.75, 3.05) is 0 Å². The monoisotopic (exact) mass is 548 g/mol. The second-order valence-electron chi connectivity index (χ2n) is 3.64. The molecular weight excluding hydrogens is 535 g/mol. The average Bonchev–Trinajstić information content (AvgIpc) is 2.46. The lowest BCUT2D eigenvalue weighted by Crippen LogP contribution is -3.00. The van der Waals surface area contributed by atoms with Crippen molar-refractivity contribution in [1.82, 2.24) is 0 Å². The van der Waals surface area contributed by atoms with Gasteiger partial charge in [0.25, 0.3) is 0 Å². The normalized spacial score (nSPS) is 9.86. The summed E-state index contributed by atoms with van der Waals surface area (Å²) in [4.78, 5) is 5.78. The fourth-order valence-corrected chi connectivity index (χ4v) is 0.684. The van der Waals surface area contributed by atoms with Crippen LogP contribution in [0.25, 0.3) is 0 Å². The van der Waals surface area contributed by atoms with Gasteiger partial charge < -0.3 is 51.8 Å². The molecule has 18 heteroatoms. The fourth-order valence-electron chi connectivity index (χ4n) is 0.684. The molecule has 0 spiro atoms. The lowest BCUT2D eigenvalue weighted by Gasteiger charge is -1.94. The molecule has 2 aromatic rings. The van der Waals surface area contributed by atoms with Crippen LogP contribution in [0.1, 0.15) is 0 Å². The Morgan fingerprint density at radius 1 is 0.357 bits per heavy atom. The topological polar surface area (TPSA) is 28.3 Å². The van der Waals surface area contributed by atoms with Gasteiger partial charge in [-0.1, -0.05) is 12.1 Å². The Morgan fingerprint density at radius 2 is 0.500 bits per heavy atom. The van der Waals surface area contributed by atoms with E-state index in [4.69, 9.17) is 0 Å². The van der Waals surface area contributed by atoms with Crippen molar-refractivity contribution in [3.63, 3.8) is 0 Å². The van der Waals surface area contributed by atoms with Crippen LogP contribution in [0, 0.1) is 0 Å². The summed E-state index contributed by atoms with van der Waals surface area (Å²) in [5, 5.41) is 0. The van der Waals surface area contributed by atoms with E-state index in [-0.39, 0.29) is 24.0 Å². The Morgan fingerprint density at radius 3 is 0.536 bits per heavy atom. The van der Waals surface area contributed by atoms with Crippen molar-refractivity contribution in [2.24, 2.45) is 0 Å². The molecule has 0 aliphatic rings. The minimum atomic E-state index is -6.00. The van der Waals surface area contributed by atoms with Gasteiger partial charge in [0.15, 0.2) is 24.8 Å². The van der Waals surface area contributed by atoms with Gasteiger partial charge in [-0.05, 0) is 0 Å². The van der Waals surface area contributed by atoms with Crippen LogP contribution in [0.4, 0.5) is 51.8 Å². The number of aromatic amines is 2. The molecule has 2 rings (SSSR count). The van der Waals surface area contributed by atoms with Crippen LogP contribution in [0.2, 0.25) is 0 Å². The molecule has 0 bridgehead atoms. The molecule has 0 aliphatic carbocycles. The highest BCUT2D eigenvalue weighted by Gasteiger charge is 2.21. The summed E-state index contributed by atoms with van der Waals surface area (Å²) in [6.07, 6.45) is 7.50. The van der Waals surface area contributed by atoms with Gasteiger partial charge >= 0.3 is 45.7 Å². The Kier molecular flexibility index (Phi) is 22.7. The number of hydrogen-bond donors (Lipinski definition) is 0. The first kappa shape index (κ1) is 33.9. The predicted octanol–water partition coefficient (Wildman–Crippen LogP) is 1.91. The van der Waals surface area contributed by atoms with E-state index in [1.165, 1.54) is 0 Å². The number of aromatic nitrogens is 2. The summed E-state index contributed by atoms with van der Waals surface area (Å²) in [6.45, 7) is 0. The second kappa shape index (κ2) is 18.7. The van der Waals surface area contributed by atoms with E-state index < -0.39 is 21.8 Å². The molecule has 0 atom stereocenters. The summed E-state index contributed by atoms with van der Waals surface area (Å²) < 4.78 is 117. The van der Waals surface area contributed by atoms with E-state index in [1.807, 2.05) is 61.2 Å². The number of pyridine rings is 2. The quantitative estimate of drug-likeness (QED) is 0.274. The molecule has 0 aliphatic heterocycles. The Balaban J connectivity index is -0.000000128. The Labute approximate surface area is 169 Å². The molecule has 0 amide bonds. The molecular formula is C10H12B3F12IN2. The third-order valence-corrected chi connectivity index (χ3v) is 1.21. The zero-order valence-electron chi connectivity index (χ0n) is 13.4. The summed E-state index contributed by atoms with van der Waals surface area (Å²) in [5.41, 5.74) is 0. The van der Waals surface area contributed by atoms with E-state index in [9.17, 15) is 51.8 Å². The number of H-pyrrole nitrogens is 2. The molecule has 0 unspecified atom stereocenters. The van der Waals surface area contributed by atoms with E-state index in [0.717, 1.165) is 0 Å². The van der Waals surface area contributed by atoms with Crippen molar-refractivity contribution in [2.45, 2.75) is 0 Å². The van der Waals surface area contributed by atoms with E-state index in [1.54, 1.807) is 0 Å². The third-order valence-electron chi connectivity index (χ3n) is 1.21. The molecule has 2 radical (unpaired) electrons. The minimum absolute atomic E-state index is 0. The fraction of sp³-hybridized carbons (Fsp3) is 0. The van der Waals surface area contributed by atoms with Crippen molar-refractivity contribution in [1.29, 1.82) is 0 Å². The molecule has 2 aromatic heterocycles. The standard InChI is InChI=1S/2C5H5N.3BF4.I/c2*1-2-4-6-5-3-1;3*2-1(3,4)5;/h2*1-5H;;;;/q;;3*-1;+1/p+2. The molecule has 0 saturated carbocycles. The lowest BCUT2D eigenvalue weighted by molar-refractivity contribution is -0.378. The molecule has 2 N–H and O–H groups in total. The average molecular weight is 548 g/mol. The van der Waals surface area contributed by atoms with Crippen molar-refractivity contribution >= 4 is 21.8 Å². The minimum Gasteiger partial charge on any atom is -0.418 e. The number of rotatable bonds is 0. The number of nitrogens with one attached hydrogen (secondary N) is 2. The van der Waals surface area contributed by atoms with Gasteiger partial charge in [0.1, 0.15) is 0 Å². The number of hydrogen-bond acceptors (Lipinski definition) is 0. The maximum atomic E-state index is 9.75. The maximum Gasteiger partial charge on any atom is 1.00 e. The van der Waals surface area contributed by atoms with E-state index in [2.05, 4.69) is 9.97 Å². The third kappa shape index (κ3) is 124. The number of halogens is 13. The Hall–Kier alpha value is -1.62. The van der Waals surface area contributed by atoms with Crippen LogP contribution in [-0.4, -0.2) is 21.8 Å². The van der Waals surface area contributed by atoms with Crippen molar-refractivity contribution in [3.8, 4) is 0 Å². The highest BCUT2D eigenvalue weighted by molar-refractivity contribution is 6.50. The first-order chi connectivity index (χ1) is 12.0. The van der Waals surface area contributed by atoms with Gasteiger partial charge in [-0.25, -0.2) is 9.97 Å². The highest BCUT2D eigenvalue weighted by atomic mass is 127. The zero-order valence-corrected chi connectivity index (χ0v) is 15.6. The SMILES string of the molecule is F[B-](F)(F)F.F[B-](F)(F)F.F[B-](F)(F)F.[I+].c1cc[nH+]cc1.c1cc[nH+]cc1. The summed E-state index contributed by atoms with van der Waals surface area (Å²) in [7, 11) is -18.0. The smallest absolute Gasteiger partial charge is 0.418 e. The van der Waals surface area contributed by atoms with Gasteiger partial charge in [-0.15, -0.1) is 0 Å². The Bertz CT molecular complexity index is 396. The van der Waals surface area contributed by atoms with Gasteiger partial charge in [0.05, 0.1) is 0 Å². The van der Waals surface area contributed by atoms with Crippen LogP contribution >= 0.6 is 0 Å². The second-order valence-corrected chi connectivity index (χ2v) is 3.64. The summed E-state index contributed by atoms with van der Waals surface area (Å²) in [6, 6.07) is 11.7. The van der Waals surface area contributed by atoms with Crippen LogP contribution in [0.5, 0.6) is 0 Å². The first-order valence-electron chi connectivity index (χ1n) is 6.44. The van der Waals surface area contributed by atoms with Gasteiger partial charge in [0.2, 0.25) is 0 Å². The lowest BCUT2D eigenvalue weighted by atomic mass is 10.3. The van der Waals surface area contributed by atoms with Crippen molar-refractivity contribution < 1.29 is 85.7 Å². The largest absolute Gasteiger partial charge is 1.00 e. The van der Waals surface area contributed by atoms with E-state index >= 15 is 0 Å². The van der Waals surface area contributed by atoms with Crippen LogP contribution in [0.3, 0.4) is 0 Å². The first-order valence-corrected chi connectivity index (χ1v) is 6.44. The molecule has 2 heterocycles. The molecule has 0 aromatic carbocycles. The molecule has 162 valence electrons. The van der Waals surface area contributed by atoms with Gasteiger partial charge in [-0.2, -0.15) is 0 Å². The van der Waals surface area contributed by atoms with E-state index in [0.29, 0.717) is 0 Å². The molecule has 2 nitrogen and oxygen atoms in total. The highest BCUT2D eigenvalue weighted by Crippen LogP contribution is 2.07. The maximum absolute atomic E-state index is 9.75. The molecule has 0 fully saturated rings. The van der Waals surface area contributed by atoms with Crippen LogP contribution in [-0.2, 0) is 0 Å². The molecule has 0 saturated heterocycles. The van der Waals surface area contributed by atoms with Crippen molar-refractivity contribution in [3.05, 3.63) is 61.2 Å². The molecule has 28 heavy (non-hydrogen) atoms. The zero-order chi connectivity index (χ0) is 22.0. The predicted molar refractivity (Wildman–Crippen MR) is 76.6 cm³/mol. The summed E-state index contributed by atoms with van der Waals surface area (Å²) >= 11 is 0. The van der Waals surface area contributed by atoms with Gasteiger partial charge in [-0.3, -0.25) is 0 Å². The summed E-state index contributed by atoms with van der Waals surface area (Å²) in [5.74, 6) is 0.